The number of hydrazone groups is 1. The van der Waals surface area contributed by atoms with Gasteiger partial charge >= 0.3 is 0 Å². The number of phenols is 1. The number of hydrogen-bond donors (Lipinski definition) is 2. The zero-order valence-corrected chi connectivity index (χ0v) is 13.1. The van der Waals surface area contributed by atoms with E-state index in [-0.39, 0.29) is 11.3 Å². The highest BCUT2D eigenvalue weighted by molar-refractivity contribution is 6.01. The minimum Gasteiger partial charge on any atom is -0.507 e. The number of hydrogen-bond acceptors (Lipinski definition) is 3. The monoisotopic (exact) mass is 318 g/mol. The topological polar surface area (TPSA) is 61.7 Å². The van der Waals surface area contributed by atoms with Crippen molar-refractivity contribution in [3.8, 4) is 5.75 Å². The lowest BCUT2D eigenvalue weighted by atomic mass is 10.1. The van der Waals surface area contributed by atoms with Crippen LogP contribution in [0.1, 0.15) is 22.3 Å². The van der Waals surface area contributed by atoms with Crippen molar-refractivity contribution in [1.82, 2.24) is 5.43 Å². The van der Waals surface area contributed by atoms with Crippen LogP contribution in [0.3, 0.4) is 0 Å². The average Bonchev–Trinajstić information content (AvgIpc) is 2.61. The molecule has 3 aromatic carbocycles. The van der Waals surface area contributed by atoms with E-state index in [4.69, 9.17) is 0 Å². The van der Waals surface area contributed by atoms with E-state index in [0.717, 1.165) is 23.6 Å². The molecule has 1 amide bonds. The van der Waals surface area contributed by atoms with E-state index < -0.39 is 5.91 Å². The molecule has 0 aliphatic carbocycles. The molecule has 0 unspecified atom stereocenters. The van der Waals surface area contributed by atoms with E-state index in [9.17, 15) is 9.90 Å². The molecule has 120 valence electrons. The summed E-state index contributed by atoms with van der Waals surface area (Å²) in [5.74, 6) is -0.472. The van der Waals surface area contributed by atoms with E-state index in [1.165, 1.54) is 5.56 Å². The zero-order valence-electron chi connectivity index (χ0n) is 13.1. The van der Waals surface area contributed by atoms with Crippen molar-refractivity contribution < 1.29 is 9.90 Å². The van der Waals surface area contributed by atoms with Crippen LogP contribution in [-0.4, -0.2) is 17.2 Å². The van der Waals surface area contributed by atoms with Crippen LogP contribution >= 0.6 is 0 Å². The van der Waals surface area contributed by atoms with Crippen LogP contribution in [0.25, 0.3) is 10.8 Å². The minimum absolute atomic E-state index is 0.0503. The van der Waals surface area contributed by atoms with Gasteiger partial charge in [0.05, 0.1) is 5.56 Å². The standard InChI is InChI=1S/C20H18N2O2/c23-19-14-17-11-5-4-10-16(17)13-18(19)20(24)22-21-12-6-9-15-7-2-1-3-8-15/h1-5,7-8,10-14,23H,6,9H2,(H,22,24). The molecule has 0 aliphatic rings. The molecule has 0 aromatic heterocycles. The molecule has 0 aliphatic heterocycles. The third-order valence-electron chi connectivity index (χ3n) is 3.77. The molecule has 0 saturated carbocycles. The van der Waals surface area contributed by atoms with Crippen LogP contribution in [0, 0.1) is 0 Å². The first-order valence-electron chi connectivity index (χ1n) is 7.81. The lowest BCUT2D eigenvalue weighted by Crippen LogP contribution is -2.17. The first-order chi connectivity index (χ1) is 11.7. The molecule has 4 heteroatoms. The van der Waals surface area contributed by atoms with Gasteiger partial charge in [-0.2, -0.15) is 5.10 Å². The van der Waals surface area contributed by atoms with Crippen molar-refractivity contribution in [2.75, 3.05) is 0 Å². The number of nitrogens with zero attached hydrogens (tertiary/aromatic N) is 1. The Morgan fingerprint density at radius 1 is 1.00 bits per heavy atom. The van der Waals surface area contributed by atoms with Gasteiger partial charge in [0.2, 0.25) is 0 Å². The summed E-state index contributed by atoms with van der Waals surface area (Å²) in [5, 5.41) is 15.7. The van der Waals surface area contributed by atoms with Crippen LogP contribution in [0.5, 0.6) is 5.75 Å². The second-order valence-corrected chi connectivity index (χ2v) is 5.49. The van der Waals surface area contributed by atoms with E-state index in [1.54, 1.807) is 18.3 Å². The van der Waals surface area contributed by atoms with Crippen LogP contribution in [-0.2, 0) is 6.42 Å². The van der Waals surface area contributed by atoms with Crippen LogP contribution in [0.15, 0.2) is 71.8 Å². The van der Waals surface area contributed by atoms with Gasteiger partial charge in [0, 0.05) is 6.21 Å². The Labute approximate surface area is 140 Å². The fourth-order valence-electron chi connectivity index (χ4n) is 2.52. The van der Waals surface area contributed by atoms with Gasteiger partial charge in [0.1, 0.15) is 5.75 Å². The number of aryl methyl sites for hydroxylation is 1. The molecular formula is C20H18N2O2. The summed E-state index contributed by atoms with van der Waals surface area (Å²) in [6, 6.07) is 20.9. The van der Waals surface area contributed by atoms with Gasteiger partial charge in [-0.05, 0) is 41.3 Å². The van der Waals surface area contributed by atoms with Crippen molar-refractivity contribution >= 4 is 22.9 Å². The molecule has 0 saturated heterocycles. The summed E-state index contributed by atoms with van der Waals surface area (Å²) in [6.07, 6.45) is 3.26. The van der Waals surface area contributed by atoms with Gasteiger partial charge in [0.25, 0.3) is 5.91 Å². The molecule has 0 atom stereocenters. The van der Waals surface area contributed by atoms with Gasteiger partial charge in [-0.3, -0.25) is 4.79 Å². The highest BCUT2D eigenvalue weighted by Crippen LogP contribution is 2.24. The number of carbonyl (C=O) groups is 1. The summed E-state index contributed by atoms with van der Waals surface area (Å²) in [4.78, 5) is 12.2. The van der Waals surface area contributed by atoms with Crippen LogP contribution in [0.4, 0.5) is 0 Å². The summed E-state index contributed by atoms with van der Waals surface area (Å²) in [6.45, 7) is 0. The summed E-state index contributed by atoms with van der Waals surface area (Å²) in [7, 11) is 0. The Morgan fingerprint density at radius 2 is 1.67 bits per heavy atom. The molecular weight excluding hydrogens is 300 g/mol. The van der Waals surface area contributed by atoms with E-state index in [0.29, 0.717) is 0 Å². The molecule has 0 bridgehead atoms. The van der Waals surface area contributed by atoms with Gasteiger partial charge in [0.15, 0.2) is 0 Å². The van der Waals surface area contributed by atoms with Crippen LogP contribution < -0.4 is 5.43 Å². The predicted octanol–water partition coefficient (Wildman–Crippen LogP) is 3.89. The number of rotatable bonds is 5. The first kappa shape index (κ1) is 15.7. The van der Waals surface area contributed by atoms with Crippen molar-refractivity contribution in [2.45, 2.75) is 12.8 Å². The van der Waals surface area contributed by atoms with Crippen molar-refractivity contribution in [1.29, 1.82) is 0 Å². The van der Waals surface area contributed by atoms with E-state index in [2.05, 4.69) is 22.7 Å². The van der Waals surface area contributed by atoms with Crippen molar-refractivity contribution in [2.24, 2.45) is 5.10 Å². The summed E-state index contributed by atoms with van der Waals surface area (Å²) in [5.41, 5.74) is 3.90. The van der Waals surface area contributed by atoms with Gasteiger partial charge in [-0.1, -0.05) is 54.6 Å². The Balaban J connectivity index is 1.60. The maximum absolute atomic E-state index is 12.2. The molecule has 3 aromatic rings. The largest absolute Gasteiger partial charge is 0.507 e. The molecule has 24 heavy (non-hydrogen) atoms. The van der Waals surface area contributed by atoms with E-state index >= 15 is 0 Å². The highest BCUT2D eigenvalue weighted by Gasteiger charge is 2.11. The fourth-order valence-corrected chi connectivity index (χ4v) is 2.52. The Morgan fingerprint density at radius 3 is 2.42 bits per heavy atom. The molecule has 2 N–H and O–H groups in total. The lowest BCUT2D eigenvalue weighted by Gasteiger charge is -2.05. The minimum atomic E-state index is -0.422. The average molecular weight is 318 g/mol. The van der Waals surface area contributed by atoms with E-state index in [1.807, 2.05) is 42.5 Å². The molecule has 0 radical (unpaired) electrons. The molecule has 4 nitrogen and oxygen atoms in total. The summed E-state index contributed by atoms with van der Waals surface area (Å²) >= 11 is 0. The fraction of sp³-hybridized carbons (Fsp3) is 0.100. The molecule has 3 rings (SSSR count). The second-order valence-electron chi connectivity index (χ2n) is 5.49. The number of aromatic hydroxyl groups is 1. The number of nitrogens with one attached hydrogen (secondary N) is 1. The first-order valence-corrected chi connectivity index (χ1v) is 7.81. The zero-order chi connectivity index (χ0) is 16.8. The molecule has 0 spiro atoms. The SMILES string of the molecule is O=C(NN=CCCc1ccccc1)c1cc2ccccc2cc1O. The third kappa shape index (κ3) is 3.79. The number of carbonyl (C=O) groups excluding carboxylic acids is 1. The third-order valence-corrected chi connectivity index (χ3v) is 3.77. The molecule has 0 fully saturated rings. The maximum Gasteiger partial charge on any atom is 0.275 e. The van der Waals surface area contributed by atoms with Gasteiger partial charge in [-0.25, -0.2) is 5.43 Å². The predicted molar refractivity (Wildman–Crippen MR) is 96.3 cm³/mol. The number of benzene rings is 3. The second kappa shape index (κ2) is 7.42. The number of amides is 1. The lowest BCUT2D eigenvalue weighted by molar-refractivity contribution is 0.0952. The Kier molecular flexibility index (Phi) is 4.87. The van der Waals surface area contributed by atoms with Crippen molar-refractivity contribution in [3.63, 3.8) is 0 Å². The van der Waals surface area contributed by atoms with Crippen molar-refractivity contribution in [3.05, 3.63) is 77.9 Å². The molecule has 0 heterocycles. The Hall–Kier alpha value is -3.14. The summed E-state index contributed by atoms with van der Waals surface area (Å²) < 4.78 is 0. The Bertz CT molecular complexity index is 873. The van der Waals surface area contributed by atoms with Gasteiger partial charge in [-0.15, -0.1) is 0 Å². The smallest absolute Gasteiger partial charge is 0.275 e. The number of fused-ring (bicyclic) bond motifs is 1. The van der Waals surface area contributed by atoms with Crippen LogP contribution in [0.2, 0.25) is 0 Å². The normalized spacial score (nSPS) is 11.0. The maximum atomic E-state index is 12.2. The quantitative estimate of drug-likeness (QED) is 0.554. The van der Waals surface area contributed by atoms with Gasteiger partial charge < -0.3 is 5.11 Å². The highest BCUT2D eigenvalue weighted by atomic mass is 16.3. The number of phenolic OH excluding ortho intramolecular Hbond substituents is 1.